The Kier molecular flexibility index (Phi) is 7.43. The summed E-state index contributed by atoms with van der Waals surface area (Å²) < 4.78 is 28.4. The monoisotopic (exact) mass is 305 g/mol. The Morgan fingerprint density at radius 3 is 2.40 bits per heavy atom. The van der Waals surface area contributed by atoms with Crippen LogP contribution in [0.4, 0.5) is 0 Å². The van der Waals surface area contributed by atoms with Gasteiger partial charge in [-0.2, -0.15) is 17.4 Å². The van der Waals surface area contributed by atoms with Crippen molar-refractivity contribution in [2.24, 2.45) is 5.92 Å². The van der Waals surface area contributed by atoms with Crippen LogP contribution >= 0.6 is 0 Å². The summed E-state index contributed by atoms with van der Waals surface area (Å²) in [5.74, 6) is 0.605. The van der Waals surface area contributed by atoms with Gasteiger partial charge in [-0.05, 0) is 51.5 Å². The number of rotatable bonds is 11. The standard InChI is InChI=1S/C14H31N3O2S/c1-12(2)6-7-13(3)16-20(18,19)17(4)11-5-10-15-14-8-9-14/h12-16H,5-11H2,1-4H3. The van der Waals surface area contributed by atoms with Gasteiger partial charge in [-0.1, -0.05) is 13.8 Å². The molecule has 0 aromatic rings. The molecule has 1 aliphatic rings. The van der Waals surface area contributed by atoms with Crippen LogP contribution in [0, 0.1) is 5.92 Å². The molecule has 0 radical (unpaired) electrons. The van der Waals surface area contributed by atoms with Gasteiger partial charge >= 0.3 is 0 Å². The second kappa shape index (κ2) is 8.32. The number of hydrogen-bond donors (Lipinski definition) is 2. The molecule has 1 atom stereocenters. The SMILES string of the molecule is CC(C)CCC(C)NS(=O)(=O)N(C)CCCNC1CC1. The van der Waals surface area contributed by atoms with Crippen molar-refractivity contribution in [3.63, 3.8) is 0 Å². The first-order valence-electron chi connectivity index (χ1n) is 7.78. The topological polar surface area (TPSA) is 61.4 Å². The Labute approximate surface area is 124 Å². The third-order valence-corrected chi connectivity index (χ3v) is 5.30. The van der Waals surface area contributed by atoms with Crippen LogP contribution in [0.3, 0.4) is 0 Å². The maximum Gasteiger partial charge on any atom is 0.279 e. The maximum atomic E-state index is 12.1. The fourth-order valence-electron chi connectivity index (χ4n) is 2.00. The fourth-order valence-corrected chi connectivity index (χ4v) is 3.18. The van der Waals surface area contributed by atoms with Crippen LogP contribution < -0.4 is 10.0 Å². The molecule has 0 heterocycles. The largest absolute Gasteiger partial charge is 0.314 e. The van der Waals surface area contributed by atoms with Crippen LogP contribution in [-0.2, 0) is 10.2 Å². The van der Waals surface area contributed by atoms with E-state index >= 15 is 0 Å². The summed E-state index contributed by atoms with van der Waals surface area (Å²) in [6.07, 6.45) is 5.31. The lowest BCUT2D eigenvalue weighted by molar-refractivity contribution is 0.426. The molecule has 0 amide bonds. The van der Waals surface area contributed by atoms with Crippen molar-refractivity contribution >= 4 is 10.2 Å². The fraction of sp³-hybridized carbons (Fsp3) is 1.00. The molecule has 0 bridgehead atoms. The van der Waals surface area contributed by atoms with Gasteiger partial charge in [-0.3, -0.25) is 0 Å². The molecule has 0 aromatic carbocycles. The molecular formula is C14H31N3O2S. The molecule has 0 aliphatic heterocycles. The Hall–Kier alpha value is -0.170. The Morgan fingerprint density at radius 2 is 1.85 bits per heavy atom. The van der Waals surface area contributed by atoms with Crippen molar-refractivity contribution in [2.45, 2.75) is 65.0 Å². The van der Waals surface area contributed by atoms with Gasteiger partial charge in [0, 0.05) is 25.7 Å². The summed E-state index contributed by atoms with van der Waals surface area (Å²) in [7, 11) is -1.69. The van der Waals surface area contributed by atoms with E-state index in [2.05, 4.69) is 23.9 Å². The zero-order chi connectivity index (χ0) is 15.2. The summed E-state index contributed by atoms with van der Waals surface area (Å²) in [6.45, 7) is 7.70. The van der Waals surface area contributed by atoms with Gasteiger partial charge in [0.2, 0.25) is 0 Å². The zero-order valence-electron chi connectivity index (χ0n) is 13.4. The van der Waals surface area contributed by atoms with Crippen molar-refractivity contribution in [3.8, 4) is 0 Å². The lowest BCUT2D eigenvalue weighted by Gasteiger charge is -2.21. The van der Waals surface area contributed by atoms with E-state index in [-0.39, 0.29) is 6.04 Å². The molecule has 1 saturated carbocycles. The number of hydrogen-bond acceptors (Lipinski definition) is 3. The molecule has 120 valence electrons. The molecule has 6 heteroatoms. The molecule has 2 N–H and O–H groups in total. The molecule has 5 nitrogen and oxygen atoms in total. The van der Waals surface area contributed by atoms with E-state index in [0.29, 0.717) is 18.5 Å². The normalized spacial score (nSPS) is 17.9. The van der Waals surface area contributed by atoms with Gasteiger partial charge in [0.05, 0.1) is 0 Å². The average Bonchev–Trinajstić information content (AvgIpc) is 3.15. The molecule has 1 rings (SSSR count). The second-order valence-electron chi connectivity index (χ2n) is 6.40. The minimum Gasteiger partial charge on any atom is -0.314 e. The number of nitrogens with one attached hydrogen (secondary N) is 2. The summed E-state index contributed by atoms with van der Waals surface area (Å²) in [5, 5.41) is 3.40. The molecular weight excluding hydrogens is 274 g/mol. The number of nitrogens with zero attached hydrogens (tertiary/aromatic N) is 1. The minimum absolute atomic E-state index is 0.00515. The van der Waals surface area contributed by atoms with Crippen molar-refractivity contribution in [1.29, 1.82) is 0 Å². The van der Waals surface area contributed by atoms with Crippen LogP contribution in [0.25, 0.3) is 0 Å². The molecule has 0 spiro atoms. The Bertz CT molecular complexity index is 367. The van der Waals surface area contributed by atoms with Gasteiger partial charge in [0.1, 0.15) is 0 Å². The smallest absolute Gasteiger partial charge is 0.279 e. The van der Waals surface area contributed by atoms with Crippen LogP contribution in [0.2, 0.25) is 0 Å². The van der Waals surface area contributed by atoms with Crippen molar-refractivity contribution in [1.82, 2.24) is 14.3 Å². The molecule has 20 heavy (non-hydrogen) atoms. The van der Waals surface area contributed by atoms with E-state index in [9.17, 15) is 8.42 Å². The summed E-state index contributed by atoms with van der Waals surface area (Å²) in [6, 6.07) is 0.681. The quantitative estimate of drug-likeness (QED) is 0.571. The van der Waals surface area contributed by atoms with Crippen molar-refractivity contribution < 1.29 is 8.42 Å². The minimum atomic E-state index is -3.34. The van der Waals surface area contributed by atoms with E-state index in [1.165, 1.54) is 17.1 Å². The molecule has 1 unspecified atom stereocenters. The maximum absolute atomic E-state index is 12.1. The second-order valence-corrected chi connectivity index (χ2v) is 8.21. The average molecular weight is 305 g/mol. The lowest BCUT2D eigenvalue weighted by Crippen LogP contribution is -2.43. The van der Waals surface area contributed by atoms with Gasteiger partial charge in [-0.25, -0.2) is 0 Å². The van der Waals surface area contributed by atoms with Crippen LogP contribution in [0.1, 0.15) is 52.9 Å². The first kappa shape index (κ1) is 17.9. The first-order chi connectivity index (χ1) is 9.31. The predicted octanol–water partition coefficient (Wildman–Crippen LogP) is 1.72. The van der Waals surface area contributed by atoms with E-state index in [0.717, 1.165) is 25.8 Å². The van der Waals surface area contributed by atoms with Crippen molar-refractivity contribution in [3.05, 3.63) is 0 Å². The Morgan fingerprint density at radius 1 is 1.20 bits per heavy atom. The Balaban J connectivity index is 2.22. The highest BCUT2D eigenvalue weighted by molar-refractivity contribution is 7.87. The van der Waals surface area contributed by atoms with E-state index in [1.54, 1.807) is 7.05 Å². The van der Waals surface area contributed by atoms with E-state index in [4.69, 9.17) is 0 Å². The van der Waals surface area contributed by atoms with Gasteiger partial charge in [0.25, 0.3) is 10.2 Å². The third-order valence-electron chi connectivity index (χ3n) is 3.60. The molecule has 0 saturated heterocycles. The van der Waals surface area contributed by atoms with Crippen LogP contribution in [0.15, 0.2) is 0 Å². The van der Waals surface area contributed by atoms with Crippen LogP contribution in [-0.4, -0.2) is 44.9 Å². The van der Waals surface area contributed by atoms with E-state index in [1.807, 2.05) is 6.92 Å². The highest BCUT2D eigenvalue weighted by Crippen LogP contribution is 2.18. The van der Waals surface area contributed by atoms with Gasteiger partial charge in [0.15, 0.2) is 0 Å². The predicted molar refractivity (Wildman–Crippen MR) is 83.9 cm³/mol. The van der Waals surface area contributed by atoms with Crippen molar-refractivity contribution in [2.75, 3.05) is 20.1 Å². The zero-order valence-corrected chi connectivity index (χ0v) is 14.2. The first-order valence-corrected chi connectivity index (χ1v) is 9.22. The van der Waals surface area contributed by atoms with E-state index < -0.39 is 10.2 Å². The van der Waals surface area contributed by atoms with Crippen LogP contribution in [0.5, 0.6) is 0 Å². The summed E-state index contributed by atoms with van der Waals surface area (Å²) in [5.41, 5.74) is 0. The highest BCUT2D eigenvalue weighted by atomic mass is 32.2. The summed E-state index contributed by atoms with van der Waals surface area (Å²) >= 11 is 0. The molecule has 0 aromatic heterocycles. The summed E-state index contributed by atoms with van der Waals surface area (Å²) in [4.78, 5) is 0. The lowest BCUT2D eigenvalue weighted by atomic mass is 10.1. The van der Waals surface area contributed by atoms with Gasteiger partial charge in [-0.15, -0.1) is 0 Å². The highest BCUT2D eigenvalue weighted by Gasteiger charge is 2.21. The molecule has 1 aliphatic carbocycles. The third kappa shape index (κ3) is 7.57. The molecule has 1 fully saturated rings. The van der Waals surface area contributed by atoms with Gasteiger partial charge < -0.3 is 5.32 Å².